The highest BCUT2D eigenvalue weighted by molar-refractivity contribution is 9.10. The van der Waals surface area contributed by atoms with Crippen molar-refractivity contribution in [3.8, 4) is 17.2 Å². The molecule has 1 aliphatic heterocycles. The molecule has 8 heteroatoms. The Morgan fingerprint density at radius 1 is 1.17 bits per heavy atom. The predicted octanol–water partition coefficient (Wildman–Crippen LogP) is 4.20. The zero-order valence-electron chi connectivity index (χ0n) is 12.7. The standard InChI is InChI=1S/C16H14BrNO6/c1-21-10-3-5-15(13(17)8-10)24-11-2-4-12(14(9-11)18(19)20)16-22-6-7-23-16/h2-5,8-9,16H,6-7H2,1H3. The van der Waals surface area contributed by atoms with Crippen molar-refractivity contribution in [2.45, 2.75) is 6.29 Å². The summed E-state index contributed by atoms with van der Waals surface area (Å²) in [6.45, 7) is 0.831. The van der Waals surface area contributed by atoms with E-state index in [9.17, 15) is 10.1 Å². The molecule has 7 nitrogen and oxygen atoms in total. The van der Waals surface area contributed by atoms with E-state index in [1.165, 1.54) is 6.07 Å². The number of nitrogens with zero attached hydrogens (tertiary/aromatic N) is 1. The summed E-state index contributed by atoms with van der Waals surface area (Å²) in [7, 11) is 1.57. The molecule has 24 heavy (non-hydrogen) atoms. The van der Waals surface area contributed by atoms with Crippen LogP contribution >= 0.6 is 15.9 Å². The Hall–Kier alpha value is -2.16. The van der Waals surface area contributed by atoms with Crippen LogP contribution in [0.25, 0.3) is 0 Å². The van der Waals surface area contributed by atoms with Crippen molar-refractivity contribution in [1.29, 1.82) is 0 Å². The zero-order valence-corrected chi connectivity index (χ0v) is 14.3. The Morgan fingerprint density at radius 3 is 2.50 bits per heavy atom. The van der Waals surface area contributed by atoms with Crippen LogP contribution in [0.3, 0.4) is 0 Å². The lowest BCUT2D eigenvalue weighted by atomic mass is 10.1. The number of benzene rings is 2. The second-order valence-corrected chi connectivity index (χ2v) is 5.80. The van der Waals surface area contributed by atoms with Crippen LogP contribution < -0.4 is 9.47 Å². The van der Waals surface area contributed by atoms with E-state index < -0.39 is 11.2 Å². The zero-order chi connectivity index (χ0) is 17.1. The van der Waals surface area contributed by atoms with E-state index in [0.717, 1.165) is 0 Å². The summed E-state index contributed by atoms with van der Waals surface area (Å²) in [5.74, 6) is 1.53. The largest absolute Gasteiger partial charge is 0.497 e. The first-order chi connectivity index (χ1) is 11.6. The monoisotopic (exact) mass is 395 g/mol. The third-order valence-electron chi connectivity index (χ3n) is 3.44. The van der Waals surface area contributed by atoms with Gasteiger partial charge in [0.15, 0.2) is 6.29 Å². The van der Waals surface area contributed by atoms with E-state index in [1.54, 1.807) is 37.4 Å². The molecule has 2 aromatic rings. The van der Waals surface area contributed by atoms with Gasteiger partial charge in [-0.15, -0.1) is 0 Å². The summed E-state index contributed by atoms with van der Waals surface area (Å²) in [6.07, 6.45) is -0.716. The van der Waals surface area contributed by atoms with Crippen LogP contribution in [0.1, 0.15) is 11.9 Å². The molecule has 0 saturated carbocycles. The molecule has 1 fully saturated rings. The Morgan fingerprint density at radius 2 is 1.88 bits per heavy atom. The van der Waals surface area contributed by atoms with Crippen LogP contribution in [0.15, 0.2) is 40.9 Å². The van der Waals surface area contributed by atoms with Crippen molar-refractivity contribution < 1.29 is 23.9 Å². The minimum absolute atomic E-state index is 0.107. The van der Waals surface area contributed by atoms with Crippen LogP contribution in [0.2, 0.25) is 0 Å². The fraction of sp³-hybridized carbons (Fsp3) is 0.250. The lowest BCUT2D eigenvalue weighted by Crippen LogP contribution is -2.03. The summed E-state index contributed by atoms with van der Waals surface area (Å²) >= 11 is 3.38. The maximum absolute atomic E-state index is 11.3. The topological polar surface area (TPSA) is 80.1 Å². The van der Waals surface area contributed by atoms with E-state index in [1.807, 2.05) is 0 Å². The molecule has 126 valence electrons. The summed E-state index contributed by atoms with van der Waals surface area (Å²) in [6, 6.07) is 9.79. The van der Waals surface area contributed by atoms with E-state index in [2.05, 4.69) is 15.9 Å². The van der Waals surface area contributed by atoms with Gasteiger partial charge in [0.2, 0.25) is 0 Å². The maximum Gasteiger partial charge on any atom is 0.281 e. The maximum atomic E-state index is 11.3. The minimum Gasteiger partial charge on any atom is -0.497 e. The fourth-order valence-corrected chi connectivity index (χ4v) is 2.74. The number of nitro groups is 1. The molecule has 0 amide bonds. The van der Waals surface area contributed by atoms with Crippen molar-refractivity contribution in [2.75, 3.05) is 20.3 Å². The van der Waals surface area contributed by atoms with Gasteiger partial charge in [-0.25, -0.2) is 0 Å². The Labute approximate surface area is 146 Å². The van der Waals surface area contributed by atoms with Gasteiger partial charge in [-0.3, -0.25) is 10.1 Å². The number of nitro benzene ring substituents is 1. The lowest BCUT2D eigenvalue weighted by Gasteiger charge is -2.12. The van der Waals surface area contributed by atoms with Crippen LogP contribution in [0.5, 0.6) is 17.2 Å². The molecule has 0 aromatic heterocycles. The summed E-state index contributed by atoms with van der Waals surface area (Å²) in [5.41, 5.74) is 0.266. The molecule has 0 atom stereocenters. The highest BCUT2D eigenvalue weighted by Crippen LogP contribution is 2.37. The molecule has 0 aliphatic carbocycles. The van der Waals surface area contributed by atoms with E-state index in [-0.39, 0.29) is 5.69 Å². The Balaban J connectivity index is 1.89. The molecule has 0 spiro atoms. The van der Waals surface area contributed by atoms with Gasteiger partial charge in [0.05, 0.1) is 41.3 Å². The van der Waals surface area contributed by atoms with Crippen molar-refractivity contribution in [1.82, 2.24) is 0 Å². The number of rotatable bonds is 5. The van der Waals surface area contributed by atoms with Gasteiger partial charge in [0, 0.05) is 0 Å². The number of hydrogen-bond acceptors (Lipinski definition) is 6. The first kappa shape index (κ1) is 16.7. The summed E-state index contributed by atoms with van der Waals surface area (Å²) in [4.78, 5) is 10.9. The van der Waals surface area contributed by atoms with E-state index in [4.69, 9.17) is 18.9 Å². The third kappa shape index (κ3) is 3.50. The van der Waals surface area contributed by atoms with Crippen LogP contribution in [-0.2, 0) is 9.47 Å². The minimum atomic E-state index is -0.716. The third-order valence-corrected chi connectivity index (χ3v) is 4.06. The second kappa shape index (κ2) is 7.16. The summed E-state index contributed by atoms with van der Waals surface area (Å²) in [5, 5.41) is 11.3. The second-order valence-electron chi connectivity index (χ2n) is 4.95. The molecule has 1 heterocycles. The predicted molar refractivity (Wildman–Crippen MR) is 88.5 cm³/mol. The molecule has 1 saturated heterocycles. The van der Waals surface area contributed by atoms with Crippen molar-refractivity contribution in [2.24, 2.45) is 0 Å². The van der Waals surface area contributed by atoms with Gasteiger partial charge >= 0.3 is 0 Å². The van der Waals surface area contributed by atoms with Crippen molar-refractivity contribution >= 4 is 21.6 Å². The van der Waals surface area contributed by atoms with Gasteiger partial charge in [0.25, 0.3) is 5.69 Å². The van der Waals surface area contributed by atoms with Crippen LogP contribution in [0, 0.1) is 10.1 Å². The molecule has 2 aromatic carbocycles. The Kier molecular flexibility index (Phi) is 4.98. The van der Waals surface area contributed by atoms with Crippen LogP contribution in [0.4, 0.5) is 5.69 Å². The van der Waals surface area contributed by atoms with Gasteiger partial charge < -0.3 is 18.9 Å². The molecule has 0 unspecified atom stereocenters. The van der Waals surface area contributed by atoms with Gasteiger partial charge in [-0.1, -0.05) is 0 Å². The quantitative estimate of drug-likeness (QED) is 0.557. The van der Waals surface area contributed by atoms with E-state index in [0.29, 0.717) is 40.5 Å². The highest BCUT2D eigenvalue weighted by atomic mass is 79.9. The first-order valence-electron chi connectivity index (χ1n) is 7.11. The molecule has 0 N–H and O–H groups in total. The van der Waals surface area contributed by atoms with Crippen LogP contribution in [-0.4, -0.2) is 25.2 Å². The molecule has 0 radical (unpaired) electrons. The van der Waals surface area contributed by atoms with Gasteiger partial charge in [-0.2, -0.15) is 0 Å². The molecular formula is C16H14BrNO6. The number of halogens is 1. The molecular weight excluding hydrogens is 382 g/mol. The van der Waals surface area contributed by atoms with Crippen molar-refractivity contribution in [3.63, 3.8) is 0 Å². The molecule has 3 rings (SSSR count). The average molecular weight is 396 g/mol. The van der Waals surface area contributed by atoms with Gasteiger partial charge in [0.1, 0.15) is 17.2 Å². The number of ether oxygens (including phenoxy) is 4. The summed E-state index contributed by atoms with van der Waals surface area (Å²) < 4.78 is 22.2. The lowest BCUT2D eigenvalue weighted by molar-refractivity contribution is -0.386. The normalized spacial score (nSPS) is 14.6. The van der Waals surface area contributed by atoms with Crippen molar-refractivity contribution in [3.05, 3.63) is 56.5 Å². The number of methoxy groups -OCH3 is 1. The average Bonchev–Trinajstić information content (AvgIpc) is 3.11. The molecule has 1 aliphatic rings. The highest BCUT2D eigenvalue weighted by Gasteiger charge is 2.27. The molecule has 0 bridgehead atoms. The Bertz CT molecular complexity index is 760. The number of hydrogen-bond donors (Lipinski definition) is 0. The first-order valence-corrected chi connectivity index (χ1v) is 7.90. The SMILES string of the molecule is COc1ccc(Oc2ccc(C3OCCO3)c([N+](=O)[O-])c2)c(Br)c1. The van der Waals surface area contributed by atoms with E-state index >= 15 is 0 Å². The smallest absolute Gasteiger partial charge is 0.281 e. The van der Waals surface area contributed by atoms with Gasteiger partial charge in [-0.05, 0) is 46.3 Å². The fourth-order valence-electron chi connectivity index (χ4n) is 2.30.